The molecule has 188 valence electrons. The average Bonchev–Trinajstić information content (AvgIpc) is 2.65. The molecule has 0 rings (SSSR count). The first-order valence-electron chi connectivity index (χ1n) is 8.68. The summed E-state index contributed by atoms with van der Waals surface area (Å²) in [4.78, 5) is 57.6. The first-order valence-corrected chi connectivity index (χ1v) is 8.68. The Labute approximate surface area is 181 Å². The summed E-state index contributed by atoms with van der Waals surface area (Å²) in [6.07, 6.45) is -5.40. The Hall–Kier alpha value is -3.02. The normalized spacial score (nSPS) is 11.9. The number of aldehydes is 1. The van der Waals surface area contributed by atoms with Gasteiger partial charge in [0, 0.05) is 62.1 Å². The van der Waals surface area contributed by atoms with Gasteiger partial charge in [-0.25, -0.2) is 0 Å². The van der Waals surface area contributed by atoms with Gasteiger partial charge in [-0.1, -0.05) is 0 Å². The topological polar surface area (TPSA) is 337 Å². The number of carboxylic acid groups (broad SMARTS) is 4. The van der Waals surface area contributed by atoms with Crippen LogP contribution in [0.3, 0.4) is 0 Å². The summed E-state index contributed by atoms with van der Waals surface area (Å²) in [6.45, 7) is 0.419. The maximum atomic E-state index is 10.2. The zero-order valence-corrected chi connectivity index (χ0v) is 17.0. The second-order valence-corrected chi connectivity index (χ2v) is 5.47. The summed E-state index contributed by atoms with van der Waals surface area (Å²) < 4.78 is 0. The number of aliphatic hydroxyl groups excluding tert-OH is 2. The minimum atomic E-state index is -2.32. The molecule has 0 aliphatic rings. The predicted molar refractivity (Wildman–Crippen MR) is 85.2 cm³/mol. The summed E-state index contributed by atoms with van der Waals surface area (Å²) in [5.74, 6) is -6.01. The second-order valence-electron chi connectivity index (χ2n) is 5.47. The van der Waals surface area contributed by atoms with Crippen LogP contribution in [0.15, 0.2) is 0 Å². The van der Waals surface area contributed by atoms with Gasteiger partial charge < -0.3 is 76.3 Å². The molecule has 0 saturated heterocycles. The molecule has 0 bridgehead atoms. The molecule has 0 aromatic rings. The Kier molecular flexibility index (Phi) is 27.6. The van der Waals surface area contributed by atoms with Crippen LogP contribution in [0.5, 0.6) is 0 Å². The summed E-state index contributed by atoms with van der Waals surface area (Å²) in [5.41, 5.74) is 6.56. The van der Waals surface area contributed by atoms with E-state index in [2.05, 4.69) is 11.5 Å². The van der Waals surface area contributed by atoms with Crippen molar-refractivity contribution in [2.24, 2.45) is 0 Å². The van der Waals surface area contributed by atoms with E-state index in [1.165, 1.54) is 0 Å². The van der Waals surface area contributed by atoms with E-state index in [-0.39, 0.29) is 25.5 Å². The summed E-state index contributed by atoms with van der Waals surface area (Å²) in [7, 11) is 0. The molecule has 3 atom stereocenters. The van der Waals surface area contributed by atoms with Gasteiger partial charge in [-0.05, 0) is 12.8 Å². The van der Waals surface area contributed by atoms with E-state index >= 15 is 0 Å². The Morgan fingerprint density at radius 1 is 0.781 bits per heavy atom. The molecule has 0 aromatic heterocycles. The molecule has 0 heterocycles. The molecule has 8 N–H and O–H groups in total. The smallest absolute Gasteiger partial charge is 0.145 e. The van der Waals surface area contributed by atoms with Crippen LogP contribution in [-0.2, 0) is 28.8 Å². The molecule has 0 fully saturated rings. The number of carboxylic acids is 4. The van der Waals surface area contributed by atoms with Gasteiger partial charge >= 0.3 is 0 Å². The van der Waals surface area contributed by atoms with Gasteiger partial charge in [0.2, 0.25) is 0 Å². The van der Waals surface area contributed by atoms with Gasteiger partial charge in [0.05, 0.1) is 12.6 Å². The van der Waals surface area contributed by atoms with Gasteiger partial charge in [0.15, 0.2) is 0 Å². The Bertz CT molecular complexity index is 565. The standard InChI is InChI=1S/C5H10NO4.C5H7O5.C3H7NO2.C3H4O3/c2*6-3(5(9)10)1-2-4(7)8;2*4-2-1-3(5)6/h3,5,9H,1-2,6H2,(H,7,8);5,9H,1-2H2,(H,7,8);1-2,4H2,(H,5,6);2H,1H2,(H,5,6)/q2*-1;;/p-2/t;5-;;/m.1../s1. The first-order chi connectivity index (χ1) is 14.6. The van der Waals surface area contributed by atoms with Crippen molar-refractivity contribution in [2.75, 3.05) is 6.54 Å². The maximum absolute atomic E-state index is 10.2. The molecule has 0 amide bonds. The Balaban J connectivity index is -0.000000168. The number of carbonyl (C=O) groups excluding carboxylic acids is 6. The van der Waals surface area contributed by atoms with E-state index in [4.69, 9.17) is 10.2 Å². The Morgan fingerprint density at radius 3 is 1.41 bits per heavy atom. The highest BCUT2D eigenvalue weighted by atomic mass is 16.5. The van der Waals surface area contributed by atoms with Gasteiger partial charge in [-0.2, -0.15) is 0 Å². The number of Topliss-reactive ketones (excluding diaryl/α,β-unsaturated/α-hetero) is 1. The van der Waals surface area contributed by atoms with Crippen molar-refractivity contribution in [1.82, 2.24) is 0 Å². The van der Waals surface area contributed by atoms with E-state index in [0.717, 1.165) is 0 Å². The number of aliphatic carboxylic acids is 4. The molecule has 16 heteroatoms. The third-order valence-electron chi connectivity index (χ3n) is 2.60. The van der Waals surface area contributed by atoms with Crippen molar-refractivity contribution >= 4 is 35.9 Å². The number of aliphatic hydroxyl groups is 2. The molecular formula is C16H26N2O14-4. The van der Waals surface area contributed by atoms with Crippen molar-refractivity contribution in [3.63, 3.8) is 0 Å². The molecule has 0 aromatic carbocycles. The third-order valence-corrected chi connectivity index (χ3v) is 2.60. The summed E-state index contributed by atoms with van der Waals surface area (Å²) in [5, 5.41) is 74.5. The van der Waals surface area contributed by atoms with Crippen LogP contribution >= 0.6 is 0 Å². The lowest BCUT2D eigenvalue weighted by molar-refractivity contribution is -0.572. The molecular weight excluding hydrogens is 444 g/mol. The number of rotatable bonds is 12. The predicted octanol–water partition coefficient (Wildman–Crippen LogP) is -11.7. The quantitative estimate of drug-likeness (QED) is 0.117. The number of carbonyl (C=O) groups is 6. The molecule has 0 aliphatic heterocycles. The van der Waals surface area contributed by atoms with Crippen molar-refractivity contribution in [3.05, 3.63) is 0 Å². The molecule has 16 nitrogen and oxygen atoms in total. The van der Waals surface area contributed by atoms with Gasteiger partial charge in [0.25, 0.3) is 0 Å². The number of hydrogen-bond donors (Lipinski definition) is 4. The van der Waals surface area contributed by atoms with Crippen molar-refractivity contribution in [3.8, 4) is 0 Å². The summed E-state index contributed by atoms with van der Waals surface area (Å²) >= 11 is 0. The van der Waals surface area contributed by atoms with Crippen LogP contribution in [0.2, 0.25) is 0 Å². The van der Waals surface area contributed by atoms with Crippen molar-refractivity contribution < 1.29 is 81.1 Å². The fourth-order valence-electron chi connectivity index (χ4n) is 1.01. The van der Waals surface area contributed by atoms with Crippen LogP contribution in [-0.4, -0.2) is 71.3 Å². The number of hydrogen-bond acceptors (Lipinski definition) is 14. The van der Waals surface area contributed by atoms with E-state index < -0.39 is 67.5 Å². The molecule has 32 heavy (non-hydrogen) atoms. The first kappa shape index (κ1) is 36.4. The van der Waals surface area contributed by atoms with Crippen LogP contribution in [0.1, 0.15) is 38.5 Å². The van der Waals surface area contributed by atoms with E-state index in [0.29, 0.717) is 6.54 Å². The zero-order chi connectivity index (χ0) is 26.3. The highest BCUT2D eigenvalue weighted by Crippen LogP contribution is 1.92. The SMILES string of the molecule is O=C([O-])CCC(=O)[C@@H]([O-])O.O=CCC(=O)[O-].[NH3+]C(CCC(=O)[O-])C([O-])O.[NH3+]CCC(=O)[O-]. The van der Waals surface area contributed by atoms with Crippen molar-refractivity contribution in [1.29, 1.82) is 0 Å². The lowest BCUT2D eigenvalue weighted by Gasteiger charge is -2.19. The number of quaternary nitrogens is 2. The average molecular weight is 470 g/mol. The van der Waals surface area contributed by atoms with E-state index in [9.17, 15) is 59.4 Å². The summed E-state index contributed by atoms with van der Waals surface area (Å²) in [6, 6.07) is -0.766. The van der Waals surface area contributed by atoms with E-state index in [1.54, 1.807) is 0 Å². The van der Waals surface area contributed by atoms with Gasteiger partial charge in [-0.3, -0.25) is 4.79 Å². The third kappa shape index (κ3) is 41.4. The molecule has 0 spiro atoms. The fraction of sp³-hybridized carbons (Fsp3) is 0.625. The fourth-order valence-corrected chi connectivity index (χ4v) is 1.01. The monoisotopic (exact) mass is 470 g/mol. The Morgan fingerprint density at radius 2 is 1.22 bits per heavy atom. The van der Waals surface area contributed by atoms with Gasteiger partial charge in [0.1, 0.15) is 12.1 Å². The number of ketones is 1. The lowest BCUT2D eigenvalue weighted by Crippen LogP contribution is -2.69. The molecule has 0 aliphatic carbocycles. The molecule has 0 saturated carbocycles. The van der Waals surface area contributed by atoms with Crippen LogP contribution < -0.4 is 42.1 Å². The maximum Gasteiger partial charge on any atom is 0.145 e. The second kappa shape index (κ2) is 24.3. The van der Waals surface area contributed by atoms with Crippen LogP contribution in [0.4, 0.5) is 0 Å². The lowest BCUT2D eigenvalue weighted by atomic mass is 10.1. The van der Waals surface area contributed by atoms with Crippen LogP contribution in [0.25, 0.3) is 0 Å². The molecule has 2 unspecified atom stereocenters. The van der Waals surface area contributed by atoms with Crippen molar-refractivity contribution in [2.45, 2.75) is 57.1 Å². The molecule has 0 radical (unpaired) electrons. The largest absolute Gasteiger partial charge is 0.827 e. The minimum Gasteiger partial charge on any atom is -0.827 e. The highest BCUT2D eigenvalue weighted by Gasteiger charge is 2.06. The highest BCUT2D eigenvalue weighted by molar-refractivity contribution is 5.83. The van der Waals surface area contributed by atoms with Gasteiger partial charge in [-0.15, -0.1) is 0 Å². The van der Waals surface area contributed by atoms with Crippen LogP contribution in [0, 0.1) is 0 Å². The van der Waals surface area contributed by atoms with E-state index in [1.807, 2.05) is 0 Å². The minimum absolute atomic E-state index is 0.0625. The zero-order valence-electron chi connectivity index (χ0n) is 17.0.